The lowest BCUT2D eigenvalue weighted by molar-refractivity contribution is 0.0847. The molecule has 0 aliphatic carbocycles. The van der Waals surface area contributed by atoms with Crippen LogP contribution < -0.4 is 4.74 Å². The van der Waals surface area contributed by atoms with Gasteiger partial charge in [0.1, 0.15) is 11.4 Å². The Hall–Kier alpha value is -2.60. The van der Waals surface area contributed by atoms with Crippen molar-refractivity contribution >= 4 is 10.0 Å². The zero-order valence-electron chi connectivity index (χ0n) is 18.1. The molecule has 0 unspecified atom stereocenters. The number of rotatable bonds is 3. The van der Waals surface area contributed by atoms with Crippen LogP contribution in [0.1, 0.15) is 52.2 Å². The lowest BCUT2D eigenvalue weighted by atomic mass is 9.87. The zero-order valence-corrected chi connectivity index (χ0v) is 19.0. The van der Waals surface area contributed by atoms with E-state index in [4.69, 9.17) is 4.74 Å². The maximum Gasteiger partial charge on any atom is 0.282 e. The van der Waals surface area contributed by atoms with Crippen LogP contribution in [0.4, 0.5) is 0 Å². The van der Waals surface area contributed by atoms with Crippen LogP contribution in [0.2, 0.25) is 0 Å². The molecule has 158 valence electrons. The molecule has 3 aromatic rings. The van der Waals surface area contributed by atoms with Crippen LogP contribution in [0.3, 0.4) is 0 Å². The summed E-state index contributed by atoms with van der Waals surface area (Å²) in [6.45, 7) is 10.5. The van der Waals surface area contributed by atoms with E-state index in [0.717, 1.165) is 39.4 Å². The molecular weight excluding hydrogens is 396 g/mol. The Kier molecular flexibility index (Phi) is 4.81. The smallest absolute Gasteiger partial charge is 0.282 e. The van der Waals surface area contributed by atoms with Crippen molar-refractivity contribution in [3.63, 3.8) is 0 Å². The summed E-state index contributed by atoms with van der Waals surface area (Å²) in [5, 5.41) is 4.37. The van der Waals surface area contributed by atoms with Gasteiger partial charge in [-0.1, -0.05) is 32.9 Å². The van der Waals surface area contributed by atoms with E-state index in [0.29, 0.717) is 5.69 Å². The third-order valence-electron chi connectivity index (χ3n) is 5.57. The minimum Gasteiger partial charge on any atom is -0.488 e. The summed E-state index contributed by atoms with van der Waals surface area (Å²) in [6, 6.07) is 14.7. The zero-order chi connectivity index (χ0) is 21.7. The Morgan fingerprint density at radius 1 is 1.03 bits per heavy atom. The van der Waals surface area contributed by atoms with Crippen molar-refractivity contribution in [3.05, 3.63) is 65.9 Å². The number of hydrogen-bond acceptors (Lipinski definition) is 4. The van der Waals surface area contributed by atoms with E-state index in [1.54, 1.807) is 18.2 Å². The van der Waals surface area contributed by atoms with E-state index in [1.165, 1.54) is 6.20 Å². The van der Waals surface area contributed by atoms with E-state index in [-0.39, 0.29) is 15.9 Å². The molecule has 0 bridgehead atoms. The molecule has 30 heavy (non-hydrogen) atoms. The van der Waals surface area contributed by atoms with Crippen LogP contribution in [0.5, 0.6) is 5.75 Å². The molecule has 5 nitrogen and oxygen atoms in total. The van der Waals surface area contributed by atoms with Gasteiger partial charge in [-0.2, -0.15) is 17.6 Å². The molecule has 0 atom stereocenters. The predicted molar refractivity (Wildman–Crippen MR) is 118 cm³/mol. The number of fused-ring (bicyclic) bond motifs is 1. The van der Waals surface area contributed by atoms with Crippen LogP contribution in [-0.2, 0) is 21.9 Å². The van der Waals surface area contributed by atoms with Crippen molar-refractivity contribution < 1.29 is 13.2 Å². The number of benzene rings is 2. The largest absolute Gasteiger partial charge is 0.488 e. The predicted octanol–water partition coefficient (Wildman–Crippen LogP) is 5.19. The number of ether oxygens (including phenoxy) is 1. The molecule has 6 heteroatoms. The first-order chi connectivity index (χ1) is 14.0. The van der Waals surface area contributed by atoms with Crippen LogP contribution in [0.25, 0.3) is 11.3 Å². The van der Waals surface area contributed by atoms with Gasteiger partial charge in [0, 0.05) is 11.8 Å². The first-order valence-electron chi connectivity index (χ1n) is 10.2. The Morgan fingerprint density at radius 3 is 2.40 bits per heavy atom. The summed E-state index contributed by atoms with van der Waals surface area (Å²) in [5.41, 5.74) is 3.52. The Morgan fingerprint density at radius 2 is 1.73 bits per heavy atom. The summed E-state index contributed by atoms with van der Waals surface area (Å²) in [6.07, 6.45) is 3.37. The fraction of sp³-hybridized carbons (Fsp3) is 0.375. The Labute approximate surface area is 178 Å². The molecule has 4 rings (SSSR count). The van der Waals surface area contributed by atoms with Gasteiger partial charge in [-0.3, -0.25) is 0 Å². The standard InChI is InChI=1S/C24H28N2O3S/c1-23(2,3)19-7-9-20(10-8-19)30(27,28)26-15-13-21(25-26)17-6-11-22-18(16-17)12-14-24(4,5)29-22/h6-11,13,15-16H,12,14H2,1-5H3. The minimum absolute atomic E-state index is 0.0352. The van der Waals surface area contributed by atoms with Gasteiger partial charge in [-0.25, -0.2) is 0 Å². The Balaban J connectivity index is 1.63. The van der Waals surface area contributed by atoms with Crippen LogP contribution >= 0.6 is 0 Å². The lowest BCUT2D eigenvalue weighted by Crippen LogP contribution is -2.32. The number of nitrogens with zero attached hydrogens (tertiary/aromatic N) is 2. The monoisotopic (exact) mass is 424 g/mol. The number of hydrogen-bond donors (Lipinski definition) is 0. The van der Waals surface area contributed by atoms with Crippen LogP contribution in [-0.4, -0.2) is 23.2 Å². The first-order valence-corrected chi connectivity index (χ1v) is 11.6. The van der Waals surface area contributed by atoms with Crippen molar-refractivity contribution in [2.24, 2.45) is 0 Å². The second kappa shape index (κ2) is 6.98. The summed E-state index contributed by atoms with van der Waals surface area (Å²) in [4.78, 5) is 0.228. The SMILES string of the molecule is CC1(C)CCc2cc(-c3ccn(S(=O)(=O)c4ccc(C(C)(C)C)cc4)n3)ccc2O1. The summed E-state index contributed by atoms with van der Waals surface area (Å²) in [7, 11) is -3.74. The molecule has 2 heterocycles. The van der Waals surface area contributed by atoms with Gasteiger partial charge < -0.3 is 4.74 Å². The van der Waals surface area contributed by atoms with Crippen molar-refractivity contribution in [1.29, 1.82) is 0 Å². The van der Waals surface area contributed by atoms with Gasteiger partial charge in [0.2, 0.25) is 0 Å². The lowest BCUT2D eigenvalue weighted by Gasteiger charge is -2.32. The maximum absolute atomic E-state index is 13.0. The van der Waals surface area contributed by atoms with E-state index >= 15 is 0 Å². The molecule has 1 aliphatic heterocycles. The van der Waals surface area contributed by atoms with Crippen molar-refractivity contribution in [2.75, 3.05) is 0 Å². The second-order valence-electron chi connectivity index (χ2n) is 9.54. The summed E-state index contributed by atoms with van der Waals surface area (Å²) >= 11 is 0. The fourth-order valence-corrected chi connectivity index (χ4v) is 4.76. The third-order valence-corrected chi connectivity index (χ3v) is 7.13. The van der Waals surface area contributed by atoms with Gasteiger partial charge in [-0.15, -0.1) is 0 Å². The van der Waals surface area contributed by atoms with Crippen LogP contribution in [0.15, 0.2) is 59.6 Å². The van der Waals surface area contributed by atoms with Crippen LogP contribution in [0, 0.1) is 0 Å². The third kappa shape index (κ3) is 3.88. The molecular formula is C24H28N2O3S. The number of aromatic nitrogens is 2. The highest BCUT2D eigenvalue weighted by Gasteiger charge is 2.27. The molecule has 0 fully saturated rings. The summed E-state index contributed by atoms with van der Waals surface area (Å²) < 4.78 is 33.1. The first kappa shape index (κ1) is 20.7. The highest BCUT2D eigenvalue weighted by Crippen LogP contribution is 2.35. The Bertz CT molecular complexity index is 1180. The average molecular weight is 425 g/mol. The molecule has 0 saturated carbocycles. The average Bonchev–Trinajstić information content (AvgIpc) is 3.17. The minimum atomic E-state index is -3.74. The molecule has 0 saturated heterocycles. The highest BCUT2D eigenvalue weighted by atomic mass is 32.2. The quantitative estimate of drug-likeness (QED) is 0.581. The molecule has 1 aliphatic rings. The fourth-order valence-electron chi connectivity index (χ4n) is 3.65. The van der Waals surface area contributed by atoms with E-state index in [9.17, 15) is 8.42 Å². The highest BCUT2D eigenvalue weighted by molar-refractivity contribution is 7.89. The molecule has 0 N–H and O–H groups in total. The topological polar surface area (TPSA) is 61.2 Å². The van der Waals surface area contributed by atoms with Gasteiger partial charge in [0.15, 0.2) is 0 Å². The van der Waals surface area contributed by atoms with Gasteiger partial charge in [0.05, 0.1) is 10.6 Å². The maximum atomic E-state index is 13.0. The molecule has 2 aromatic carbocycles. The van der Waals surface area contributed by atoms with Gasteiger partial charge in [0.25, 0.3) is 10.0 Å². The molecule has 0 amide bonds. The molecule has 0 radical (unpaired) electrons. The summed E-state index contributed by atoms with van der Waals surface area (Å²) in [5.74, 6) is 0.890. The van der Waals surface area contributed by atoms with Crippen molar-refractivity contribution in [2.45, 2.75) is 63.4 Å². The van der Waals surface area contributed by atoms with Gasteiger partial charge >= 0.3 is 0 Å². The number of aryl methyl sites for hydroxylation is 1. The van der Waals surface area contributed by atoms with Crippen molar-refractivity contribution in [3.8, 4) is 17.0 Å². The van der Waals surface area contributed by atoms with E-state index in [2.05, 4.69) is 39.7 Å². The van der Waals surface area contributed by atoms with E-state index in [1.807, 2.05) is 30.3 Å². The van der Waals surface area contributed by atoms with Gasteiger partial charge in [-0.05, 0) is 79.6 Å². The molecule has 1 aromatic heterocycles. The molecule has 0 spiro atoms. The second-order valence-corrected chi connectivity index (χ2v) is 11.3. The normalized spacial score (nSPS) is 16.0. The van der Waals surface area contributed by atoms with Crippen molar-refractivity contribution in [1.82, 2.24) is 9.19 Å². The van der Waals surface area contributed by atoms with E-state index < -0.39 is 10.0 Å².